The zero-order valence-corrected chi connectivity index (χ0v) is 8.14. The van der Waals surface area contributed by atoms with Gasteiger partial charge in [-0.15, -0.1) is 0 Å². The maximum absolute atomic E-state index is 9.15. The van der Waals surface area contributed by atoms with Crippen molar-refractivity contribution in [3.63, 3.8) is 0 Å². The van der Waals surface area contributed by atoms with E-state index in [2.05, 4.69) is 24.3 Å². The van der Waals surface area contributed by atoms with Gasteiger partial charge >= 0.3 is 0 Å². The van der Waals surface area contributed by atoms with Crippen LogP contribution in [0.25, 0.3) is 27.8 Å². The highest BCUT2D eigenvalue weighted by atomic mass is 16.2. The maximum atomic E-state index is 9.15. The van der Waals surface area contributed by atoms with E-state index in [0.717, 1.165) is 10.6 Å². The van der Waals surface area contributed by atoms with Crippen molar-refractivity contribution in [1.29, 1.82) is 0 Å². The van der Waals surface area contributed by atoms with Crippen LogP contribution in [0.1, 0.15) is 0 Å². The fourth-order valence-electron chi connectivity index (χ4n) is 2.13. The molecule has 0 aromatic heterocycles. The molecule has 0 bridgehead atoms. The summed E-state index contributed by atoms with van der Waals surface area (Å²) in [6, 6.07) is 16.4. The molecule has 0 fully saturated rings. The Hall–Kier alpha value is -2.02. The SMILES string of the molecule is OC=c1ccc2cccc3cccc1c32. The van der Waals surface area contributed by atoms with Crippen molar-refractivity contribution in [3.8, 4) is 0 Å². The fraction of sp³-hybridized carbons (Fsp3) is 0. The van der Waals surface area contributed by atoms with Crippen molar-refractivity contribution in [2.24, 2.45) is 0 Å². The van der Waals surface area contributed by atoms with Crippen LogP contribution in [0.2, 0.25) is 0 Å². The van der Waals surface area contributed by atoms with Gasteiger partial charge in [-0.2, -0.15) is 0 Å². The van der Waals surface area contributed by atoms with E-state index < -0.39 is 0 Å². The Balaban J connectivity index is 2.73. The summed E-state index contributed by atoms with van der Waals surface area (Å²) < 4.78 is 0. The average molecular weight is 194 g/mol. The van der Waals surface area contributed by atoms with Gasteiger partial charge in [-0.05, 0) is 21.5 Å². The Morgan fingerprint density at radius 1 is 0.800 bits per heavy atom. The molecule has 0 saturated carbocycles. The second-order valence-electron chi connectivity index (χ2n) is 3.67. The van der Waals surface area contributed by atoms with Crippen molar-refractivity contribution in [2.45, 2.75) is 0 Å². The van der Waals surface area contributed by atoms with E-state index in [1.54, 1.807) is 0 Å². The molecule has 3 rings (SSSR count). The van der Waals surface area contributed by atoms with Gasteiger partial charge in [0.15, 0.2) is 0 Å². The van der Waals surface area contributed by atoms with Crippen LogP contribution in [0.3, 0.4) is 0 Å². The maximum Gasteiger partial charge on any atom is 0.0870 e. The topological polar surface area (TPSA) is 20.2 Å². The summed E-state index contributed by atoms with van der Waals surface area (Å²) in [7, 11) is 0. The second-order valence-corrected chi connectivity index (χ2v) is 3.67. The fourth-order valence-corrected chi connectivity index (χ4v) is 2.13. The molecule has 0 aliphatic rings. The largest absolute Gasteiger partial charge is 0.515 e. The third-order valence-corrected chi connectivity index (χ3v) is 2.83. The van der Waals surface area contributed by atoms with Gasteiger partial charge in [0.2, 0.25) is 0 Å². The molecule has 0 atom stereocenters. The summed E-state index contributed by atoms with van der Waals surface area (Å²) >= 11 is 0. The predicted octanol–water partition coefficient (Wildman–Crippen LogP) is 3.01. The smallest absolute Gasteiger partial charge is 0.0870 e. The highest BCUT2D eigenvalue weighted by molar-refractivity contribution is 6.10. The van der Waals surface area contributed by atoms with Crippen LogP contribution in [-0.4, -0.2) is 5.11 Å². The molecule has 3 aromatic rings. The normalized spacial score (nSPS) is 12.7. The van der Waals surface area contributed by atoms with Gasteiger partial charge in [-0.3, -0.25) is 0 Å². The molecular weight excluding hydrogens is 184 g/mol. The van der Waals surface area contributed by atoms with Crippen molar-refractivity contribution in [2.75, 3.05) is 0 Å². The van der Waals surface area contributed by atoms with Crippen LogP contribution < -0.4 is 5.22 Å². The Morgan fingerprint density at radius 3 is 2.20 bits per heavy atom. The Bertz CT molecular complexity index is 660. The minimum Gasteiger partial charge on any atom is -0.515 e. The molecule has 0 aliphatic heterocycles. The first-order valence-electron chi connectivity index (χ1n) is 4.95. The van der Waals surface area contributed by atoms with Crippen molar-refractivity contribution in [3.05, 3.63) is 53.7 Å². The van der Waals surface area contributed by atoms with Crippen molar-refractivity contribution >= 4 is 27.8 Å². The summed E-state index contributed by atoms with van der Waals surface area (Å²) in [4.78, 5) is 0. The van der Waals surface area contributed by atoms with Crippen LogP contribution >= 0.6 is 0 Å². The standard InChI is InChI=1S/C14H10O/c15-9-12-8-7-11-4-1-3-10-5-2-6-13(12)14(10)11/h1-9,15H. The number of rotatable bonds is 0. The number of benzene rings is 3. The van der Waals surface area contributed by atoms with Gasteiger partial charge in [0, 0.05) is 5.22 Å². The first kappa shape index (κ1) is 8.30. The lowest BCUT2D eigenvalue weighted by molar-refractivity contribution is 0.541. The van der Waals surface area contributed by atoms with Gasteiger partial charge in [0.1, 0.15) is 0 Å². The lowest BCUT2D eigenvalue weighted by Gasteiger charge is -2.04. The van der Waals surface area contributed by atoms with Crippen molar-refractivity contribution < 1.29 is 5.11 Å². The number of hydrogen-bond donors (Lipinski definition) is 1. The van der Waals surface area contributed by atoms with E-state index in [1.165, 1.54) is 22.4 Å². The quantitative estimate of drug-likeness (QED) is 0.583. The van der Waals surface area contributed by atoms with Crippen LogP contribution in [-0.2, 0) is 0 Å². The highest BCUT2D eigenvalue weighted by Gasteiger charge is 2.01. The van der Waals surface area contributed by atoms with E-state index in [0.29, 0.717) is 0 Å². The summed E-state index contributed by atoms with van der Waals surface area (Å²) in [6.45, 7) is 0. The van der Waals surface area contributed by atoms with Gasteiger partial charge in [0.25, 0.3) is 0 Å². The van der Waals surface area contributed by atoms with Crippen LogP contribution in [0.4, 0.5) is 0 Å². The molecular formula is C14H10O. The molecule has 3 aromatic carbocycles. The van der Waals surface area contributed by atoms with Crippen molar-refractivity contribution in [1.82, 2.24) is 0 Å². The van der Waals surface area contributed by atoms with E-state index in [9.17, 15) is 0 Å². The molecule has 0 amide bonds. The summed E-state index contributed by atoms with van der Waals surface area (Å²) in [5, 5.41) is 14.8. The molecule has 72 valence electrons. The first-order chi connectivity index (χ1) is 7.40. The van der Waals surface area contributed by atoms with Gasteiger partial charge in [-0.25, -0.2) is 0 Å². The zero-order chi connectivity index (χ0) is 10.3. The molecule has 1 nitrogen and oxygen atoms in total. The molecule has 15 heavy (non-hydrogen) atoms. The third kappa shape index (κ3) is 1.10. The molecule has 0 unspecified atom stereocenters. The monoisotopic (exact) mass is 194 g/mol. The molecule has 0 radical (unpaired) electrons. The lowest BCUT2D eigenvalue weighted by atomic mass is 10.00. The number of aliphatic hydroxyl groups is 1. The van der Waals surface area contributed by atoms with Crippen LogP contribution in [0.15, 0.2) is 48.5 Å². The highest BCUT2D eigenvalue weighted by Crippen LogP contribution is 2.23. The molecule has 1 heteroatoms. The van der Waals surface area contributed by atoms with Crippen LogP contribution in [0.5, 0.6) is 0 Å². The molecule has 0 heterocycles. The average Bonchev–Trinajstić information content (AvgIpc) is 2.30. The minimum atomic E-state index is 0.874. The van der Waals surface area contributed by atoms with E-state index in [1.807, 2.05) is 24.3 Å². The predicted molar refractivity (Wildman–Crippen MR) is 63.8 cm³/mol. The van der Waals surface area contributed by atoms with E-state index in [-0.39, 0.29) is 0 Å². The van der Waals surface area contributed by atoms with Gasteiger partial charge in [0.05, 0.1) is 6.26 Å². The van der Waals surface area contributed by atoms with E-state index in [4.69, 9.17) is 5.11 Å². The van der Waals surface area contributed by atoms with Gasteiger partial charge < -0.3 is 5.11 Å². The van der Waals surface area contributed by atoms with Crippen LogP contribution in [0, 0.1) is 0 Å². The summed E-state index contributed by atoms with van der Waals surface area (Å²) in [5.41, 5.74) is 0. The number of aliphatic hydroxyl groups excluding tert-OH is 1. The number of hydrogen-bond acceptors (Lipinski definition) is 1. The summed E-state index contributed by atoms with van der Waals surface area (Å²) in [6.07, 6.45) is 1.17. The zero-order valence-electron chi connectivity index (χ0n) is 8.14. The first-order valence-corrected chi connectivity index (χ1v) is 4.95. The molecule has 0 saturated heterocycles. The Kier molecular flexibility index (Phi) is 1.65. The van der Waals surface area contributed by atoms with E-state index >= 15 is 0 Å². The Labute approximate surface area is 87.3 Å². The Morgan fingerprint density at radius 2 is 1.47 bits per heavy atom. The minimum absolute atomic E-state index is 0.874. The van der Waals surface area contributed by atoms with Gasteiger partial charge in [-0.1, -0.05) is 48.5 Å². The summed E-state index contributed by atoms with van der Waals surface area (Å²) in [5.74, 6) is 0. The third-order valence-electron chi connectivity index (χ3n) is 2.83. The second kappa shape index (κ2) is 2.99. The molecule has 0 aliphatic carbocycles. The molecule has 0 spiro atoms. The lowest BCUT2D eigenvalue weighted by Crippen LogP contribution is -2.01. The molecule has 1 N–H and O–H groups in total.